The lowest BCUT2D eigenvalue weighted by atomic mass is 10.3. The fraction of sp³-hybridized carbons (Fsp3) is 0.333. The maximum absolute atomic E-state index is 10.1. The van der Waals surface area contributed by atoms with Crippen molar-refractivity contribution in [1.29, 1.82) is 0 Å². The number of halogens is 1. The average Bonchev–Trinajstić information content (AvgIpc) is 1.68. The van der Waals surface area contributed by atoms with Crippen molar-refractivity contribution >= 4 is 34.4 Å². The lowest BCUT2D eigenvalue weighted by molar-refractivity contribution is -0.139. The molecular weight excluding hydrogens is 209 g/mol. The Morgan fingerprint density at radius 1 is 1.43 bits per heavy atom. The Bertz CT molecular complexity index is 119. The Kier molecular flexibility index (Phi) is 1.02. The second-order valence-electron chi connectivity index (χ2n) is 1.22. The van der Waals surface area contributed by atoms with Crippen LogP contribution in [-0.2, 0) is 9.59 Å². The first-order chi connectivity index (χ1) is 3.22. The molecule has 0 aliphatic carbocycles. The summed E-state index contributed by atoms with van der Waals surface area (Å²) in [6, 6.07) is 0. The third-order valence-electron chi connectivity index (χ3n) is 0.707. The second kappa shape index (κ2) is 1.43. The molecule has 0 saturated carbocycles. The molecule has 3 nitrogen and oxygen atoms in total. The fourth-order valence-electron chi connectivity index (χ4n) is 0.289. The van der Waals surface area contributed by atoms with Crippen LogP contribution < -0.4 is 5.32 Å². The summed E-state index contributed by atoms with van der Waals surface area (Å²) in [6.45, 7) is 0. The van der Waals surface area contributed by atoms with E-state index in [-0.39, 0.29) is 11.8 Å². The molecule has 1 fully saturated rings. The number of imide groups is 1. The highest BCUT2D eigenvalue weighted by molar-refractivity contribution is 14.1. The van der Waals surface area contributed by atoms with E-state index in [1.165, 1.54) is 0 Å². The van der Waals surface area contributed by atoms with Gasteiger partial charge in [-0.25, -0.2) is 0 Å². The van der Waals surface area contributed by atoms with Crippen molar-refractivity contribution in [3.8, 4) is 0 Å². The molecular formula is C3H2INO2. The van der Waals surface area contributed by atoms with Crippen molar-refractivity contribution in [2.75, 3.05) is 0 Å². The molecule has 38 valence electrons. The predicted molar refractivity (Wildman–Crippen MR) is 31.0 cm³/mol. The maximum atomic E-state index is 10.1. The molecule has 2 amide bonds. The van der Waals surface area contributed by atoms with Gasteiger partial charge in [0.1, 0.15) is 0 Å². The van der Waals surface area contributed by atoms with Crippen LogP contribution in [0.3, 0.4) is 0 Å². The number of carbonyl (C=O) groups excluding carboxylic acids is 2. The zero-order valence-corrected chi connectivity index (χ0v) is 5.43. The molecule has 0 aromatic carbocycles. The molecule has 0 radical (unpaired) electrons. The van der Waals surface area contributed by atoms with Crippen molar-refractivity contribution in [2.24, 2.45) is 0 Å². The third kappa shape index (κ3) is 0.624. The number of hydrogen-bond acceptors (Lipinski definition) is 2. The van der Waals surface area contributed by atoms with E-state index >= 15 is 0 Å². The van der Waals surface area contributed by atoms with Gasteiger partial charge in [0.25, 0.3) is 0 Å². The van der Waals surface area contributed by atoms with Crippen molar-refractivity contribution < 1.29 is 9.59 Å². The number of nitrogens with one attached hydrogen (secondary N) is 1. The molecule has 0 bridgehead atoms. The molecule has 1 heterocycles. The van der Waals surface area contributed by atoms with Crippen molar-refractivity contribution in [2.45, 2.75) is 3.92 Å². The van der Waals surface area contributed by atoms with Gasteiger partial charge in [0, 0.05) is 0 Å². The van der Waals surface area contributed by atoms with E-state index in [9.17, 15) is 9.59 Å². The SMILES string of the molecule is O=C1NC(=O)C1I. The van der Waals surface area contributed by atoms with E-state index in [0.29, 0.717) is 0 Å². The van der Waals surface area contributed by atoms with E-state index < -0.39 is 3.92 Å². The highest BCUT2D eigenvalue weighted by Crippen LogP contribution is 2.07. The van der Waals surface area contributed by atoms with Crippen LogP contribution in [-0.4, -0.2) is 15.7 Å². The predicted octanol–water partition coefficient (Wildman–Crippen LogP) is -0.554. The number of rotatable bonds is 0. The van der Waals surface area contributed by atoms with Crippen molar-refractivity contribution in [3.05, 3.63) is 0 Å². The quantitative estimate of drug-likeness (QED) is 0.253. The lowest BCUT2D eigenvalue weighted by Gasteiger charge is -2.16. The van der Waals surface area contributed by atoms with E-state index in [1.54, 1.807) is 22.6 Å². The Morgan fingerprint density at radius 2 is 1.86 bits per heavy atom. The minimum Gasteiger partial charge on any atom is -0.294 e. The zero-order valence-electron chi connectivity index (χ0n) is 3.27. The molecule has 4 heteroatoms. The first-order valence-electron chi connectivity index (χ1n) is 1.70. The van der Waals surface area contributed by atoms with Crippen LogP contribution >= 0.6 is 22.6 Å². The molecule has 0 unspecified atom stereocenters. The van der Waals surface area contributed by atoms with Crippen LogP contribution in [0.5, 0.6) is 0 Å². The van der Waals surface area contributed by atoms with Crippen LogP contribution in [0.1, 0.15) is 0 Å². The summed E-state index contributed by atoms with van der Waals surface area (Å²) in [5.74, 6) is -0.351. The highest BCUT2D eigenvalue weighted by Gasteiger charge is 2.34. The summed E-state index contributed by atoms with van der Waals surface area (Å²) in [4.78, 5) is 20.2. The van der Waals surface area contributed by atoms with Gasteiger partial charge in [-0.15, -0.1) is 0 Å². The number of carbonyl (C=O) groups is 2. The van der Waals surface area contributed by atoms with Crippen LogP contribution in [0.2, 0.25) is 0 Å². The van der Waals surface area contributed by atoms with Gasteiger partial charge in [0.2, 0.25) is 11.8 Å². The summed E-state index contributed by atoms with van der Waals surface area (Å²) in [6.07, 6.45) is 0. The Morgan fingerprint density at radius 3 is 1.86 bits per heavy atom. The summed E-state index contributed by atoms with van der Waals surface area (Å²) in [7, 11) is 0. The van der Waals surface area contributed by atoms with Gasteiger partial charge in [-0.3, -0.25) is 14.9 Å². The third-order valence-corrected chi connectivity index (χ3v) is 1.84. The number of hydrogen-bond donors (Lipinski definition) is 1. The second-order valence-corrected chi connectivity index (χ2v) is 2.46. The smallest absolute Gasteiger partial charge is 0.249 e. The van der Waals surface area contributed by atoms with Gasteiger partial charge in [0.15, 0.2) is 3.92 Å². The number of alkyl halides is 1. The first-order valence-corrected chi connectivity index (χ1v) is 2.95. The van der Waals surface area contributed by atoms with Crippen molar-refractivity contribution in [1.82, 2.24) is 5.32 Å². The molecule has 1 aliphatic rings. The lowest BCUT2D eigenvalue weighted by Crippen LogP contribution is -2.55. The molecule has 7 heavy (non-hydrogen) atoms. The van der Waals surface area contributed by atoms with Gasteiger partial charge < -0.3 is 0 Å². The zero-order chi connectivity index (χ0) is 5.44. The molecule has 0 aromatic heterocycles. The van der Waals surface area contributed by atoms with Gasteiger partial charge >= 0.3 is 0 Å². The van der Waals surface area contributed by atoms with Crippen LogP contribution in [0.4, 0.5) is 0 Å². The molecule has 0 spiro atoms. The van der Waals surface area contributed by atoms with E-state index in [1.807, 2.05) is 0 Å². The standard InChI is InChI=1S/C3H2INO2/c4-1-2(6)5-3(1)7/h1H,(H,5,6,7). The summed E-state index contributed by atoms with van der Waals surface area (Å²) >= 11 is 1.78. The van der Waals surface area contributed by atoms with Gasteiger partial charge in [0.05, 0.1) is 0 Å². The van der Waals surface area contributed by atoms with Crippen molar-refractivity contribution in [3.63, 3.8) is 0 Å². The molecule has 1 saturated heterocycles. The Balaban J connectivity index is 2.59. The van der Waals surface area contributed by atoms with Gasteiger partial charge in [-0.1, -0.05) is 22.6 Å². The summed E-state index contributed by atoms with van der Waals surface area (Å²) in [5.41, 5.74) is 0. The average molecular weight is 211 g/mol. The number of amides is 2. The fourth-order valence-corrected chi connectivity index (χ4v) is 0.601. The van der Waals surface area contributed by atoms with Crippen LogP contribution in [0.25, 0.3) is 0 Å². The topological polar surface area (TPSA) is 46.2 Å². The molecule has 1 rings (SSSR count). The number of β-lactam (4-membered cyclic amide) rings is 2. The van der Waals surface area contributed by atoms with Crippen LogP contribution in [0.15, 0.2) is 0 Å². The van der Waals surface area contributed by atoms with Crippen LogP contribution in [0, 0.1) is 0 Å². The van der Waals surface area contributed by atoms with E-state index in [0.717, 1.165) is 0 Å². The minimum absolute atomic E-state index is 0.175. The summed E-state index contributed by atoms with van der Waals surface area (Å²) < 4.78 is -0.419. The van der Waals surface area contributed by atoms with E-state index in [4.69, 9.17) is 0 Å². The van der Waals surface area contributed by atoms with E-state index in [2.05, 4.69) is 5.32 Å². The van der Waals surface area contributed by atoms with Gasteiger partial charge in [-0.05, 0) is 0 Å². The summed E-state index contributed by atoms with van der Waals surface area (Å²) in [5, 5.41) is 2.07. The first kappa shape index (κ1) is 5.02. The largest absolute Gasteiger partial charge is 0.294 e. The minimum atomic E-state index is -0.419. The molecule has 0 atom stereocenters. The Hall–Kier alpha value is -0.130. The maximum Gasteiger partial charge on any atom is 0.249 e. The monoisotopic (exact) mass is 211 g/mol. The highest BCUT2D eigenvalue weighted by atomic mass is 127. The molecule has 0 aromatic rings. The Labute approximate surface area is 53.6 Å². The van der Waals surface area contributed by atoms with Gasteiger partial charge in [-0.2, -0.15) is 0 Å². The molecule has 1 aliphatic heterocycles. The normalized spacial score (nSPS) is 21.3. The molecule has 1 N–H and O–H groups in total.